The summed E-state index contributed by atoms with van der Waals surface area (Å²) in [6.07, 6.45) is 1.70. The third kappa shape index (κ3) is 6.21. The summed E-state index contributed by atoms with van der Waals surface area (Å²) in [6.45, 7) is 0.0945. The van der Waals surface area contributed by atoms with Crippen LogP contribution >= 0.6 is 0 Å². The van der Waals surface area contributed by atoms with E-state index in [9.17, 15) is 14.7 Å². The Bertz CT molecular complexity index is 2360. The van der Waals surface area contributed by atoms with Gasteiger partial charge in [0.05, 0.1) is 30.1 Å². The van der Waals surface area contributed by atoms with Gasteiger partial charge in [-0.2, -0.15) is 5.26 Å². The van der Waals surface area contributed by atoms with Crippen LogP contribution in [0.1, 0.15) is 32.0 Å². The highest BCUT2D eigenvalue weighted by Crippen LogP contribution is 2.42. The minimum atomic E-state index is -1.12. The fourth-order valence-corrected chi connectivity index (χ4v) is 5.37. The molecule has 2 N–H and O–H groups in total. The Morgan fingerprint density at radius 1 is 1.00 bits per heavy atom. The topological polar surface area (TPSA) is 140 Å². The molecule has 1 amide bonds. The van der Waals surface area contributed by atoms with Crippen LogP contribution in [0.4, 0.5) is 5.69 Å². The number of carbonyl (C=O) groups is 2. The van der Waals surface area contributed by atoms with Crippen molar-refractivity contribution in [3.8, 4) is 46.0 Å². The van der Waals surface area contributed by atoms with E-state index >= 15 is 0 Å². The molecule has 4 aromatic rings. The van der Waals surface area contributed by atoms with Crippen LogP contribution < -0.4 is 20.1 Å². The molecule has 0 fully saturated rings. The second kappa shape index (κ2) is 12.9. The van der Waals surface area contributed by atoms with Gasteiger partial charge in [0.2, 0.25) is 5.36 Å². The molecule has 3 aromatic carbocycles. The van der Waals surface area contributed by atoms with Gasteiger partial charge in [-0.1, -0.05) is 11.1 Å². The number of carbonyl (C=O) groups excluding carboxylic acids is 1. The molecule has 236 valence electrons. The largest absolute Gasteiger partial charge is 0.478 e. The minimum absolute atomic E-state index is 0.0567. The molecule has 11 nitrogen and oxygen atoms in total. The van der Waals surface area contributed by atoms with Crippen molar-refractivity contribution in [1.82, 2.24) is 24.9 Å². The highest BCUT2D eigenvalue weighted by molar-refractivity contribution is 6.09. The molecule has 0 unspecified atom stereocenters. The zero-order chi connectivity index (χ0) is 33.9. The SMILES string of the molecule is CN(C)c1ccc2c(-c3cc(C(=O)NCc4cn(-c5ccc(C#CC#N)cc5)nn4)ccc3C(=O)O)c3ccc(=[N+](C)C)cc-3oc2c1. The molecule has 2 aliphatic rings. The molecule has 1 aliphatic heterocycles. The monoisotopic (exact) mass is 636 g/mol. The van der Waals surface area contributed by atoms with E-state index in [1.54, 1.807) is 47.3 Å². The van der Waals surface area contributed by atoms with Gasteiger partial charge >= 0.3 is 5.97 Å². The summed E-state index contributed by atoms with van der Waals surface area (Å²) in [4.78, 5) is 28.0. The van der Waals surface area contributed by atoms with Crippen molar-refractivity contribution in [2.24, 2.45) is 0 Å². The number of nitrogens with one attached hydrogen (secondary N) is 1. The van der Waals surface area contributed by atoms with Crippen molar-refractivity contribution in [3.05, 3.63) is 113 Å². The molecule has 48 heavy (non-hydrogen) atoms. The lowest BCUT2D eigenvalue weighted by Gasteiger charge is -2.19. The number of aromatic carboxylic acids is 1. The standard InChI is InChI=1S/C37H29N7O4/c1-42(2)27-12-15-30-33(19-27)48-34-20-28(43(3)4)13-16-31(34)35(30)32-18-24(9-14-29(32)37(46)47)36(45)39-21-25-22-44(41-40-25)26-10-7-23(8-11-26)6-5-17-38/h7-16,18-20,22H,21H2,1-4H3,(H-,39,45,46,47)/p+1. The minimum Gasteiger partial charge on any atom is -0.478 e. The van der Waals surface area contributed by atoms with Crippen LogP contribution in [0.5, 0.6) is 0 Å². The smallest absolute Gasteiger partial charge is 0.336 e. The number of nitrogens with zero attached hydrogens (tertiary/aromatic N) is 6. The van der Waals surface area contributed by atoms with Gasteiger partial charge in [0.25, 0.3) is 5.91 Å². The number of hydrogen-bond acceptors (Lipinski definition) is 7. The number of fused-ring (bicyclic) bond motifs is 2. The van der Waals surface area contributed by atoms with E-state index in [1.165, 1.54) is 12.1 Å². The molecular weight excluding hydrogens is 606 g/mol. The molecule has 0 saturated heterocycles. The number of carboxylic acid groups (broad SMARTS) is 1. The Kier molecular flexibility index (Phi) is 8.44. The molecule has 0 atom stereocenters. The quantitative estimate of drug-likeness (QED) is 0.149. The molecule has 0 saturated carbocycles. The van der Waals surface area contributed by atoms with Crippen molar-refractivity contribution < 1.29 is 19.1 Å². The van der Waals surface area contributed by atoms with E-state index in [1.807, 2.05) is 74.1 Å². The van der Waals surface area contributed by atoms with Crippen LogP contribution in [-0.4, -0.2) is 60.2 Å². The van der Waals surface area contributed by atoms with Crippen molar-refractivity contribution in [3.63, 3.8) is 0 Å². The number of hydrogen-bond donors (Lipinski definition) is 2. The first-order valence-corrected chi connectivity index (χ1v) is 14.9. The fourth-order valence-electron chi connectivity index (χ4n) is 5.37. The van der Waals surface area contributed by atoms with Crippen molar-refractivity contribution >= 4 is 28.5 Å². The van der Waals surface area contributed by atoms with E-state index in [-0.39, 0.29) is 17.7 Å². The van der Waals surface area contributed by atoms with Gasteiger partial charge in [0.15, 0.2) is 6.07 Å². The summed E-state index contributed by atoms with van der Waals surface area (Å²) in [7, 11) is 7.74. The maximum atomic E-state index is 13.5. The summed E-state index contributed by atoms with van der Waals surface area (Å²) in [6, 6.07) is 25.1. The average Bonchev–Trinajstić information content (AvgIpc) is 3.57. The van der Waals surface area contributed by atoms with Gasteiger partial charge in [0, 0.05) is 65.5 Å². The molecule has 0 bridgehead atoms. The highest BCUT2D eigenvalue weighted by atomic mass is 16.4. The summed E-state index contributed by atoms with van der Waals surface area (Å²) in [5, 5.41) is 31.7. The van der Waals surface area contributed by atoms with Crippen molar-refractivity contribution in [2.75, 3.05) is 33.1 Å². The van der Waals surface area contributed by atoms with Gasteiger partial charge in [-0.05, 0) is 66.2 Å². The first kappa shape index (κ1) is 31.3. The van der Waals surface area contributed by atoms with Crippen LogP contribution in [0.15, 0.2) is 89.5 Å². The summed E-state index contributed by atoms with van der Waals surface area (Å²) >= 11 is 0. The van der Waals surface area contributed by atoms with Crippen LogP contribution in [0.25, 0.3) is 39.1 Å². The van der Waals surface area contributed by atoms with Crippen LogP contribution in [-0.2, 0) is 6.54 Å². The number of anilines is 1. The van der Waals surface area contributed by atoms with Gasteiger partial charge in [-0.15, -0.1) is 5.10 Å². The van der Waals surface area contributed by atoms with Crippen LogP contribution in [0, 0.1) is 23.2 Å². The predicted octanol–water partition coefficient (Wildman–Crippen LogP) is 4.39. The van der Waals surface area contributed by atoms with E-state index < -0.39 is 11.9 Å². The number of amides is 1. The van der Waals surface area contributed by atoms with Gasteiger partial charge in [-0.3, -0.25) is 4.79 Å². The van der Waals surface area contributed by atoms with E-state index in [0.29, 0.717) is 44.7 Å². The number of aromatic nitrogens is 3. The Morgan fingerprint density at radius 2 is 1.79 bits per heavy atom. The average molecular weight is 637 g/mol. The second-order valence-electron chi connectivity index (χ2n) is 11.4. The molecule has 6 rings (SSSR count). The van der Waals surface area contributed by atoms with Crippen LogP contribution in [0.3, 0.4) is 0 Å². The summed E-state index contributed by atoms with van der Waals surface area (Å²) in [5.74, 6) is 4.16. The van der Waals surface area contributed by atoms with E-state index in [0.717, 1.165) is 16.7 Å². The lowest BCUT2D eigenvalue weighted by Crippen LogP contribution is -2.23. The lowest BCUT2D eigenvalue weighted by molar-refractivity contribution is 0.0697. The molecule has 1 aromatic heterocycles. The summed E-state index contributed by atoms with van der Waals surface area (Å²) in [5.41, 5.74) is 5.57. The van der Waals surface area contributed by atoms with Crippen molar-refractivity contribution in [2.45, 2.75) is 6.54 Å². The first-order chi connectivity index (χ1) is 23.1. The fraction of sp³-hybridized carbons (Fsp3) is 0.135. The molecular formula is C37H30N7O4+. The molecule has 2 heterocycles. The summed E-state index contributed by atoms with van der Waals surface area (Å²) < 4.78 is 9.93. The third-order valence-electron chi connectivity index (χ3n) is 7.87. The lowest BCUT2D eigenvalue weighted by atomic mass is 9.89. The number of carboxylic acids is 1. The molecule has 0 radical (unpaired) electrons. The second-order valence-corrected chi connectivity index (χ2v) is 11.4. The maximum absolute atomic E-state index is 13.5. The maximum Gasteiger partial charge on any atom is 0.336 e. The first-order valence-electron chi connectivity index (χ1n) is 14.9. The Hall–Kier alpha value is -6.72. The molecule has 0 spiro atoms. The zero-order valence-corrected chi connectivity index (χ0v) is 26.6. The Labute approximate surface area is 275 Å². The zero-order valence-electron chi connectivity index (χ0n) is 26.6. The van der Waals surface area contributed by atoms with E-state index in [4.69, 9.17) is 9.68 Å². The highest BCUT2D eigenvalue weighted by Gasteiger charge is 2.24. The Morgan fingerprint density at radius 3 is 2.50 bits per heavy atom. The van der Waals surface area contributed by atoms with Gasteiger partial charge in [0.1, 0.15) is 31.1 Å². The number of rotatable bonds is 7. The van der Waals surface area contributed by atoms with E-state index in [2.05, 4.69) is 27.5 Å². The van der Waals surface area contributed by atoms with Gasteiger partial charge in [-0.25, -0.2) is 14.1 Å². The number of benzene rings is 4. The predicted molar refractivity (Wildman–Crippen MR) is 182 cm³/mol. The van der Waals surface area contributed by atoms with Crippen molar-refractivity contribution in [1.29, 1.82) is 5.26 Å². The van der Waals surface area contributed by atoms with Gasteiger partial charge < -0.3 is 19.7 Å². The molecule has 1 aliphatic carbocycles. The third-order valence-corrected chi connectivity index (χ3v) is 7.87. The Balaban J connectivity index is 1.36. The molecule has 11 heteroatoms. The normalized spacial score (nSPS) is 10.6. The number of nitriles is 1. The van der Waals surface area contributed by atoms with Crippen LogP contribution in [0.2, 0.25) is 0 Å².